The summed E-state index contributed by atoms with van der Waals surface area (Å²) in [5, 5.41) is 13.4. The Bertz CT molecular complexity index is 1160. The number of hydrogen-bond acceptors (Lipinski definition) is 4. The van der Waals surface area contributed by atoms with Gasteiger partial charge in [-0.15, -0.1) is 0 Å². The number of benzene rings is 1. The molecule has 1 aromatic heterocycles. The number of fused-ring (bicyclic) bond motifs is 3. The summed E-state index contributed by atoms with van der Waals surface area (Å²) >= 11 is 5.82. The Morgan fingerprint density at radius 1 is 1.23 bits per heavy atom. The molecule has 0 bridgehead atoms. The molecule has 156 valence electrons. The molecule has 1 saturated carbocycles. The first-order chi connectivity index (χ1) is 14.4. The van der Waals surface area contributed by atoms with Crippen LogP contribution in [0.5, 0.6) is 5.75 Å². The fourth-order valence-electron chi connectivity index (χ4n) is 4.58. The Labute approximate surface area is 176 Å². The number of nitrogens with zero attached hydrogens (tertiary/aromatic N) is 2. The normalized spacial score (nSPS) is 20.6. The summed E-state index contributed by atoms with van der Waals surface area (Å²) in [6.07, 6.45) is 2.70. The van der Waals surface area contributed by atoms with Crippen LogP contribution in [0.3, 0.4) is 0 Å². The molecule has 1 fully saturated rings. The predicted octanol–water partition coefficient (Wildman–Crippen LogP) is 2.59. The molecule has 2 N–H and O–H groups in total. The van der Waals surface area contributed by atoms with Crippen molar-refractivity contribution in [1.82, 2.24) is 14.8 Å². The van der Waals surface area contributed by atoms with Crippen molar-refractivity contribution in [3.8, 4) is 5.75 Å². The summed E-state index contributed by atoms with van der Waals surface area (Å²) in [4.78, 5) is 40.2. The lowest BCUT2D eigenvalue weighted by molar-refractivity contribution is 0.0721. The van der Waals surface area contributed by atoms with Gasteiger partial charge < -0.3 is 15.3 Å². The Kier molecular flexibility index (Phi) is 4.36. The molecular formula is C21H19ClFN3O4. The van der Waals surface area contributed by atoms with Gasteiger partial charge in [-0.1, -0.05) is 24.1 Å². The maximum absolute atomic E-state index is 13.4. The molecular weight excluding hydrogens is 413 g/mol. The van der Waals surface area contributed by atoms with Crippen molar-refractivity contribution in [3.05, 3.63) is 61.8 Å². The monoisotopic (exact) mass is 431 g/mol. The number of hydrogen-bond donors (Lipinski definition) is 2. The number of rotatable bonds is 3. The topological polar surface area (TPSA) is 91.6 Å². The predicted molar refractivity (Wildman–Crippen MR) is 106 cm³/mol. The average molecular weight is 432 g/mol. The van der Waals surface area contributed by atoms with E-state index in [0.29, 0.717) is 24.1 Å². The molecule has 2 amide bonds. The third-order valence-corrected chi connectivity index (χ3v) is 6.64. The van der Waals surface area contributed by atoms with Crippen LogP contribution in [-0.2, 0) is 13.0 Å². The summed E-state index contributed by atoms with van der Waals surface area (Å²) < 4.78 is 14.7. The molecule has 0 radical (unpaired) electrons. The minimum Gasteiger partial charge on any atom is -0.502 e. The van der Waals surface area contributed by atoms with Gasteiger partial charge in [-0.2, -0.15) is 0 Å². The van der Waals surface area contributed by atoms with E-state index in [-0.39, 0.29) is 34.6 Å². The highest BCUT2D eigenvalue weighted by atomic mass is 35.5. The quantitative estimate of drug-likeness (QED) is 0.781. The van der Waals surface area contributed by atoms with Gasteiger partial charge in [-0.3, -0.25) is 19.0 Å². The molecule has 5 rings (SSSR count). The van der Waals surface area contributed by atoms with E-state index in [1.165, 1.54) is 27.7 Å². The van der Waals surface area contributed by atoms with Gasteiger partial charge in [-0.05, 0) is 42.9 Å². The van der Waals surface area contributed by atoms with Gasteiger partial charge in [0.25, 0.3) is 17.4 Å². The van der Waals surface area contributed by atoms with E-state index in [9.17, 15) is 23.9 Å². The lowest BCUT2D eigenvalue weighted by Gasteiger charge is -2.33. The second kappa shape index (κ2) is 6.84. The molecule has 3 heterocycles. The average Bonchev–Trinajstić information content (AvgIpc) is 3.00. The van der Waals surface area contributed by atoms with Crippen LogP contribution in [0.4, 0.5) is 4.39 Å². The SMILES string of the molecule is O=C1NC(C2CCC2)n2c1c1c(c(O)c2=O)C(=O)N(Cc2ccc(F)c(Cl)c2)CC1. The molecule has 7 nitrogen and oxygen atoms in total. The number of amides is 2. The van der Waals surface area contributed by atoms with E-state index in [2.05, 4.69) is 5.32 Å². The van der Waals surface area contributed by atoms with Crippen molar-refractivity contribution in [2.24, 2.45) is 5.92 Å². The number of pyridine rings is 1. The van der Waals surface area contributed by atoms with Gasteiger partial charge in [0.15, 0.2) is 5.75 Å². The number of carbonyl (C=O) groups is 2. The van der Waals surface area contributed by atoms with Crippen LogP contribution in [0.2, 0.25) is 5.02 Å². The molecule has 2 aromatic rings. The molecule has 2 aliphatic heterocycles. The summed E-state index contributed by atoms with van der Waals surface area (Å²) in [5.41, 5.74) is 0.375. The number of aromatic hydroxyl groups is 1. The second-order valence-corrected chi connectivity index (χ2v) is 8.47. The molecule has 1 aromatic carbocycles. The van der Waals surface area contributed by atoms with Crippen molar-refractivity contribution in [3.63, 3.8) is 0 Å². The van der Waals surface area contributed by atoms with Crippen molar-refractivity contribution in [2.45, 2.75) is 38.4 Å². The highest BCUT2D eigenvalue weighted by Gasteiger charge is 2.43. The van der Waals surface area contributed by atoms with E-state index in [1.54, 1.807) is 0 Å². The summed E-state index contributed by atoms with van der Waals surface area (Å²) in [5.74, 6) is -1.93. The molecule has 1 aliphatic carbocycles. The van der Waals surface area contributed by atoms with Crippen molar-refractivity contribution in [2.75, 3.05) is 6.54 Å². The summed E-state index contributed by atoms with van der Waals surface area (Å²) in [7, 11) is 0. The smallest absolute Gasteiger partial charge is 0.295 e. The van der Waals surface area contributed by atoms with E-state index in [1.807, 2.05) is 0 Å². The Morgan fingerprint density at radius 3 is 2.67 bits per heavy atom. The Balaban J connectivity index is 1.54. The third-order valence-electron chi connectivity index (χ3n) is 6.35. The fourth-order valence-corrected chi connectivity index (χ4v) is 4.79. The van der Waals surface area contributed by atoms with Crippen LogP contribution in [-0.4, -0.2) is 32.9 Å². The zero-order chi connectivity index (χ0) is 21.2. The largest absolute Gasteiger partial charge is 0.502 e. The van der Waals surface area contributed by atoms with Gasteiger partial charge in [0, 0.05) is 18.7 Å². The second-order valence-electron chi connectivity index (χ2n) is 8.06. The highest BCUT2D eigenvalue weighted by Crippen LogP contribution is 2.39. The maximum atomic E-state index is 13.4. The van der Waals surface area contributed by atoms with Crippen LogP contribution in [0.25, 0.3) is 0 Å². The first-order valence-electron chi connectivity index (χ1n) is 9.91. The number of nitrogens with one attached hydrogen (secondary N) is 1. The molecule has 0 spiro atoms. The van der Waals surface area contributed by atoms with Crippen LogP contribution in [0.1, 0.15) is 57.4 Å². The minimum atomic E-state index is -0.723. The van der Waals surface area contributed by atoms with Gasteiger partial charge in [0.1, 0.15) is 17.7 Å². The van der Waals surface area contributed by atoms with Gasteiger partial charge in [-0.25, -0.2) is 4.39 Å². The zero-order valence-electron chi connectivity index (χ0n) is 16.0. The third kappa shape index (κ3) is 2.74. The minimum absolute atomic E-state index is 0.0463. The van der Waals surface area contributed by atoms with Crippen LogP contribution >= 0.6 is 11.6 Å². The first-order valence-corrected chi connectivity index (χ1v) is 10.3. The standard InChI is InChI=1S/C21H19ClFN3O4/c22-13-8-10(4-5-14(13)23)9-25-7-6-12-15(20(25)29)17(27)21(30)26-16(12)19(28)24-18(26)11-2-1-3-11/h4-5,8,11,18,27H,1-3,6-7,9H2,(H,24,28). The Hall–Kier alpha value is -2.87. The highest BCUT2D eigenvalue weighted by molar-refractivity contribution is 6.30. The van der Waals surface area contributed by atoms with E-state index >= 15 is 0 Å². The van der Waals surface area contributed by atoms with E-state index in [0.717, 1.165) is 19.3 Å². The fraction of sp³-hybridized carbons (Fsp3) is 0.381. The number of carbonyl (C=O) groups excluding carboxylic acids is 2. The van der Waals surface area contributed by atoms with Gasteiger partial charge in [0.2, 0.25) is 0 Å². The van der Waals surface area contributed by atoms with Crippen molar-refractivity contribution >= 4 is 23.4 Å². The maximum Gasteiger partial charge on any atom is 0.295 e. The van der Waals surface area contributed by atoms with Crippen LogP contribution in [0, 0.1) is 11.7 Å². The van der Waals surface area contributed by atoms with Crippen molar-refractivity contribution in [1.29, 1.82) is 0 Å². The van der Waals surface area contributed by atoms with Crippen LogP contribution < -0.4 is 10.9 Å². The van der Waals surface area contributed by atoms with E-state index in [4.69, 9.17) is 11.6 Å². The summed E-state index contributed by atoms with van der Waals surface area (Å²) in [6, 6.07) is 4.19. The van der Waals surface area contributed by atoms with Crippen molar-refractivity contribution < 1.29 is 19.1 Å². The molecule has 3 aliphatic rings. The lowest BCUT2D eigenvalue weighted by Crippen LogP contribution is -2.41. The molecule has 30 heavy (non-hydrogen) atoms. The molecule has 1 atom stereocenters. The van der Waals surface area contributed by atoms with Crippen LogP contribution in [0.15, 0.2) is 23.0 Å². The number of halogens is 2. The lowest BCUT2D eigenvalue weighted by atomic mass is 9.83. The summed E-state index contributed by atoms with van der Waals surface area (Å²) in [6.45, 7) is 0.444. The van der Waals surface area contributed by atoms with E-state index < -0.39 is 29.2 Å². The zero-order valence-corrected chi connectivity index (χ0v) is 16.7. The first kappa shape index (κ1) is 19.1. The Morgan fingerprint density at radius 2 is 2.00 bits per heavy atom. The molecule has 1 unspecified atom stereocenters. The molecule has 9 heteroatoms. The number of aromatic nitrogens is 1. The van der Waals surface area contributed by atoms with Gasteiger partial charge in [0.05, 0.1) is 10.6 Å². The van der Waals surface area contributed by atoms with Gasteiger partial charge >= 0.3 is 0 Å². The molecule has 0 saturated heterocycles.